The molecule has 2 aromatic rings. The van der Waals surface area contributed by atoms with Crippen molar-refractivity contribution in [2.24, 2.45) is 23.5 Å². The number of nitrogens with zero attached hydrogens (tertiary/aromatic N) is 3. The number of anilines is 3. The van der Waals surface area contributed by atoms with Crippen LogP contribution in [0.3, 0.4) is 0 Å². The third kappa shape index (κ3) is 5.38. The van der Waals surface area contributed by atoms with Gasteiger partial charge >= 0.3 is 6.03 Å². The van der Waals surface area contributed by atoms with E-state index in [2.05, 4.69) is 10.6 Å². The summed E-state index contributed by atoms with van der Waals surface area (Å²) in [4.78, 5) is 63.6. The fourth-order valence-electron chi connectivity index (χ4n) is 7.20. The minimum atomic E-state index is -2.72. The number of likely N-dealkylation sites (N-methyl/N-ethyl adjacent to an activating group) is 1. The van der Waals surface area contributed by atoms with Crippen LogP contribution in [0.5, 0.6) is 5.75 Å². The van der Waals surface area contributed by atoms with Gasteiger partial charge in [-0.1, -0.05) is 0 Å². The molecule has 0 spiro atoms. The van der Waals surface area contributed by atoms with Crippen molar-refractivity contribution < 1.29 is 39.3 Å². The molecule has 3 aliphatic carbocycles. The van der Waals surface area contributed by atoms with Gasteiger partial charge in [-0.2, -0.15) is 5.90 Å². The lowest BCUT2D eigenvalue weighted by molar-refractivity contribution is -0.148. The minimum absolute atomic E-state index is 0.000893. The molecule has 2 aromatic carbocycles. The summed E-state index contributed by atoms with van der Waals surface area (Å²) in [6.45, 7) is -0.106. The lowest BCUT2D eigenvalue weighted by Gasteiger charge is -2.50. The molecule has 15 nitrogen and oxygen atoms in total. The number of amides is 3. The normalized spacial score (nSPS) is 23.3. The van der Waals surface area contributed by atoms with Crippen molar-refractivity contribution >= 4 is 40.6 Å². The fraction of sp³-hybridized carbons (Fsp3) is 0.394. The number of Topliss-reactive ketones (excluding diaryl/α,β-unsaturated/α-hetero) is 2. The average molecular weight is 664 g/mol. The number of urea groups is 1. The predicted molar refractivity (Wildman–Crippen MR) is 178 cm³/mol. The van der Waals surface area contributed by atoms with Gasteiger partial charge in [0, 0.05) is 68.9 Å². The summed E-state index contributed by atoms with van der Waals surface area (Å²) in [5, 5.41) is 40.0. The molecule has 3 amide bonds. The van der Waals surface area contributed by atoms with E-state index in [9.17, 15) is 34.5 Å². The molecule has 5 rings (SSSR count). The monoisotopic (exact) mass is 663 g/mol. The number of carbonyl (C=O) groups is 4. The average Bonchev–Trinajstić information content (AvgIpc) is 3.01. The lowest BCUT2D eigenvalue weighted by Crippen LogP contribution is -2.63. The largest absolute Gasteiger partial charge is 0.510 e. The quantitative estimate of drug-likeness (QED) is 0.156. The van der Waals surface area contributed by atoms with Crippen molar-refractivity contribution in [3.05, 3.63) is 69.7 Å². The second-order valence-electron chi connectivity index (χ2n) is 13.0. The molecule has 48 heavy (non-hydrogen) atoms. The highest BCUT2D eigenvalue weighted by molar-refractivity contribution is 6.25. The lowest BCUT2D eigenvalue weighted by atomic mass is 9.58. The summed E-state index contributed by atoms with van der Waals surface area (Å²) in [6, 6.07) is 7.36. The number of aliphatic hydroxyl groups is 3. The van der Waals surface area contributed by atoms with Crippen LogP contribution in [0.2, 0.25) is 0 Å². The zero-order chi connectivity index (χ0) is 35.4. The Kier molecular flexibility index (Phi) is 8.90. The summed E-state index contributed by atoms with van der Waals surface area (Å²) < 4.78 is 0. The number of hydrogen-bond acceptors (Lipinski definition) is 12. The number of rotatable bonds is 8. The highest BCUT2D eigenvalue weighted by atomic mass is 16.6. The SMILES string of the molecule is CN(C)c1ccc(NC(=O)NCc2cc(N(C)C)c3c(c2ON)C(=O)C2=C(O)[C@]4(O)C(=O)C(C(N)=O)=C(O)[C@@H](N(C)C)[C@@H]4C[C@@H]2C3)cc1. The smallest absolute Gasteiger partial charge is 0.319 e. The van der Waals surface area contributed by atoms with Crippen molar-refractivity contribution in [3.8, 4) is 5.75 Å². The number of nitrogens with one attached hydrogen (secondary N) is 2. The third-order valence-corrected chi connectivity index (χ3v) is 9.44. The van der Waals surface area contributed by atoms with E-state index in [-0.39, 0.29) is 36.3 Å². The van der Waals surface area contributed by atoms with E-state index in [0.29, 0.717) is 22.5 Å². The number of primary amides is 1. The summed E-state index contributed by atoms with van der Waals surface area (Å²) in [5.41, 5.74) is 4.66. The molecule has 0 heterocycles. The number of carbonyl (C=O) groups excluding carboxylic acids is 4. The van der Waals surface area contributed by atoms with Gasteiger partial charge < -0.3 is 46.3 Å². The Morgan fingerprint density at radius 3 is 2.23 bits per heavy atom. The molecule has 3 aliphatic rings. The second-order valence-corrected chi connectivity index (χ2v) is 13.0. The van der Waals surface area contributed by atoms with Crippen LogP contribution in [0.15, 0.2) is 53.0 Å². The summed E-state index contributed by atoms with van der Waals surface area (Å²) in [5.74, 6) is -0.965. The first-order valence-electron chi connectivity index (χ1n) is 15.2. The molecule has 0 aromatic heterocycles. The number of benzene rings is 2. The van der Waals surface area contributed by atoms with E-state index in [0.717, 1.165) is 5.69 Å². The molecule has 256 valence electrons. The van der Waals surface area contributed by atoms with Crippen LogP contribution < -0.4 is 36.9 Å². The maximum Gasteiger partial charge on any atom is 0.319 e. The van der Waals surface area contributed by atoms with Crippen LogP contribution in [0.1, 0.15) is 27.9 Å². The van der Waals surface area contributed by atoms with Crippen molar-refractivity contribution in [2.45, 2.75) is 31.0 Å². The molecule has 4 atom stereocenters. The number of allylic oxidation sites excluding steroid dienone is 1. The number of aliphatic hydroxyl groups excluding tert-OH is 2. The van der Waals surface area contributed by atoms with E-state index >= 15 is 0 Å². The van der Waals surface area contributed by atoms with Gasteiger partial charge in [0.2, 0.25) is 5.78 Å². The van der Waals surface area contributed by atoms with Gasteiger partial charge in [0.15, 0.2) is 17.1 Å². The first kappa shape index (κ1) is 34.2. The maximum atomic E-state index is 14.4. The Labute approximate surface area is 277 Å². The Hall–Kier alpha value is -5.12. The minimum Gasteiger partial charge on any atom is -0.510 e. The predicted octanol–water partition coefficient (Wildman–Crippen LogP) is 1.12. The summed E-state index contributed by atoms with van der Waals surface area (Å²) >= 11 is 0. The van der Waals surface area contributed by atoms with Gasteiger partial charge in [-0.15, -0.1) is 0 Å². The highest BCUT2D eigenvalue weighted by Gasteiger charge is 2.63. The zero-order valence-corrected chi connectivity index (χ0v) is 27.6. The summed E-state index contributed by atoms with van der Waals surface area (Å²) in [7, 11) is 10.5. The third-order valence-electron chi connectivity index (χ3n) is 9.44. The van der Waals surface area contributed by atoms with E-state index in [4.69, 9.17) is 16.5 Å². The van der Waals surface area contributed by atoms with E-state index < -0.39 is 64.1 Å². The van der Waals surface area contributed by atoms with Crippen molar-refractivity contribution in [2.75, 3.05) is 57.4 Å². The van der Waals surface area contributed by atoms with Gasteiger partial charge in [-0.3, -0.25) is 19.3 Å². The second kappa shape index (κ2) is 12.5. The van der Waals surface area contributed by atoms with Gasteiger partial charge in [-0.05, 0) is 68.8 Å². The summed E-state index contributed by atoms with van der Waals surface area (Å²) in [6.07, 6.45) is 0.173. The molecular weight excluding hydrogens is 622 g/mol. The Morgan fingerprint density at radius 2 is 1.69 bits per heavy atom. The highest BCUT2D eigenvalue weighted by Crippen LogP contribution is 2.53. The first-order chi connectivity index (χ1) is 22.5. The number of fused-ring (bicyclic) bond motifs is 3. The molecule has 15 heteroatoms. The van der Waals surface area contributed by atoms with Crippen molar-refractivity contribution in [1.29, 1.82) is 0 Å². The van der Waals surface area contributed by atoms with Crippen LogP contribution in [0.4, 0.5) is 21.9 Å². The van der Waals surface area contributed by atoms with Gasteiger partial charge in [0.1, 0.15) is 17.1 Å². The first-order valence-corrected chi connectivity index (χ1v) is 15.2. The fourth-order valence-corrected chi connectivity index (χ4v) is 7.20. The molecular formula is C33H41N7O8. The van der Waals surface area contributed by atoms with Crippen LogP contribution in [0.25, 0.3) is 0 Å². The molecule has 0 aliphatic heterocycles. The van der Waals surface area contributed by atoms with Crippen LogP contribution >= 0.6 is 0 Å². The van der Waals surface area contributed by atoms with Crippen molar-refractivity contribution in [1.82, 2.24) is 10.2 Å². The maximum absolute atomic E-state index is 14.4. The molecule has 9 N–H and O–H groups in total. The van der Waals surface area contributed by atoms with E-state index in [1.807, 2.05) is 31.1 Å². The zero-order valence-electron chi connectivity index (χ0n) is 27.6. The number of ketones is 2. The Balaban J connectivity index is 1.55. The molecule has 0 bridgehead atoms. The van der Waals surface area contributed by atoms with Crippen LogP contribution in [-0.4, -0.2) is 97.7 Å². The van der Waals surface area contributed by atoms with Gasteiger partial charge in [0.05, 0.1) is 11.6 Å². The van der Waals surface area contributed by atoms with Crippen LogP contribution in [0, 0.1) is 11.8 Å². The van der Waals surface area contributed by atoms with Gasteiger partial charge in [0.25, 0.3) is 5.91 Å². The number of hydrogen-bond donors (Lipinski definition) is 7. The molecule has 0 saturated carbocycles. The van der Waals surface area contributed by atoms with Crippen molar-refractivity contribution in [3.63, 3.8) is 0 Å². The number of nitrogens with two attached hydrogens (primary N) is 2. The molecule has 0 unspecified atom stereocenters. The van der Waals surface area contributed by atoms with Gasteiger partial charge in [-0.25, -0.2) is 4.79 Å². The molecule has 0 saturated heterocycles. The Morgan fingerprint density at radius 1 is 1.04 bits per heavy atom. The molecule has 0 radical (unpaired) electrons. The van der Waals surface area contributed by atoms with E-state index in [1.165, 1.54) is 4.90 Å². The molecule has 0 fully saturated rings. The topological polar surface area (TPSA) is 224 Å². The van der Waals surface area contributed by atoms with Crippen LogP contribution in [-0.2, 0) is 22.6 Å². The standard InChI is InChI=1S/C33H41N7O8/c1-38(2)18-9-7-17(8-10-18)37-32(46)36-14-16-13-21(39(3)4)19-11-15-12-20-25(40(5)6)27(42)24(31(34)45)30(44)33(20,47)29(43)22(15)26(41)23(19)28(16)48-35/h7-10,13,15,20,25,42-43,47H,11-12,14,35H2,1-6H3,(H2,34,45)(H2,36,37,46)/t15-,20-,25-,33-/m0/s1. The Bertz CT molecular complexity index is 1770. The van der Waals surface area contributed by atoms with E-state index in [1.54, 1.807) is 51.3 Å².